The molecule has 0 fully saturated rings. The van der Waals surface area contributed by atoms with E-state index in [2.05, 4.69) is 0 Å². The highest BCUT2D eigenvalue weighted by Crippen LogP contribution is 2.38. The SMILES string of the molecule is C[C@@H]1C(=O)OC(=O)C[C@@H](O)C[C@@H](O)/C=C/c2c(-c3ccc(F)cc3)c3ccccc3n21. The number of para-hydroxylation sites is 1. The topological polar surface area (TPSA) is 88.8 Å². The largest absolute Gasteiger partial charge is 0.392 e. The van der Waals surface area contributed by atoms with E-state index in [-0.39, 0.29) is 18.7 Å². The maximum absolute atomic E-state index is 13.6. The van der Waals surface area contributed by atoms with Crippen molar-refractivity contribution in [2.75, 3.05) is 0 Å². The molecule has 2 N–H and O–H groups in total. The number of aliphatic hydroxyl groups is 2. The van der Waals surface area contributed by atoms with Crippen LogP contribution in [-0.4, -0.2) is 38.9 Å². The van der Waals surface area contributed by atoms with E-state index in [4.69, 9.17) is 4.74 Å². The molecule has 1 aliphatic heterocycles. The van der Waals surface area contributed by atoms with E-state index in [0.717, 1.165) is 22.0 Å². The molecular formula is C24H22FNO5. The fraction of sp³-hybridized carbons (Fsp3) is 0.250. The molecular weight excluding hydrogens is 401 g/mol. The lowest BCUT2D eigenvalue weighted by molar-refractivity contribution is -0.163. The third kappa shape index (κ3) is 4.15. The van der Waals surface area contributed by atoms with Gasteiger partial charge in [0.05, 0.1) is 24.3 Å². The molecule has 3 atom stereocenters. The predicted octanol–water partition coefficient (Wildman–Crippen LogP) is 3.61. The molecule has 0 saturated carbocycles. The zero-order valence-corrected chi connectivity index (χ0v) is 16.9. The van der Waals surface area contributed by atoms with Gasteiger partial charge in [-0.3, -0.25) is 4.79 Å². The Morgan fingerprint density at radius 3 is 2.52 bits per heavy atom. The monoisotopic (exact) mass is 423 g/mol. The van der Waals surface area contributed by atoms with Crippen LogP contribution in [0.1, 0.15) is 31.5 Å². The Hall–Kier alpha value is -3.29. The van der Waals surface area contributed by atoms with E-state index < -0.39 is 30.2 Å². The number of benzene rings is 2. The number of carbonyl (C=O) groups excluding carboxylic acids is 2. The number of hydrogen-bond donors (Lipinski definition) is 2. The number of esters is 2. The van der Waals surface area contributed by atoms with Crippen molar-refractivity contribution >= 4 is 28.9 Å². The highest BCUT2D eigenvalue weighted by Gasteiger charge is 2.28. The van der Waals surface area contributed by atoms with Gasteiger partial charge >= 0.3 is 11.9 Å². The average Bonchev–Trinajstić information content (AvgIpc) is 3.05. The quantitative estimate of drug-likeness (QED) is 0.461. The van der Waals surface area contributed by atoms with E-state index in [1.807, 2.05) is 24.3 Å². The van der Waals surface area contributed by atoms with Gasteiger partial charge in [-0.2, -0.15) is 0 Å². The van der Waals surface area contributed by atoms with Crippen LogP contribution in [-0.2, 0) is 14.3 Å². The summed E-state index contributed by atoms with van der Waals surface area (Å²) >= 11 is 0. The summed E-state index contributed by atoms with van der Waals surface area (Å²) in [6.07, 6.45) is 0.581. The van der Waals surface area contributed by atoms with Crippen LogP contribution in [0.15, 0.2) is 54.6 Å². The molecule has 6 nitrogen and oxygen atoms in total. The number of halogens is 1. The molecule has 0 radical (unpaired) electrons. The minimum Gasteiger partial charge on any atom is -0.392 e. The number of ether oxygens (including phenoxy) is 1. The van der Waals surface area contributed by atoms with Crippen LogP contribution >= 0.6 is 0 Å². The van der Waals surface area contributed by atoms with Gasteiger partial charge in [-0.05, 0) is 36.8 Å². The summed E-state index contributed by atoms with van der Waals surface area (Å²) in [5.41, 5.74) is 2.81. The van der Waals surface area contributed by atoms with Crippen LogP contribution in [0.3, 0.4) is 0 Å². The van der Waals surface area contributed by atoms with Crippen LogP contribution in [0.5, 0.6) is 0 Å². The molecule has 1 aromatic heterocycles. The van der Waals surface area contributed by atoms with Crippen LogP contribution in [0.25, 0.3) is 28.1 Å². The predicted molar refractivity (Wildman–Crippen MR) is 113 cm³/mol. The van der Waals surface area contributed by atoms with Gasteiger partial charge < -0.3 is 19.5 Å². The summed E-state index contributed by atoms with van der Waals surface area (Å²) in [6, 6.07) is 12.6. The fourth-order valence-electron chi connectivity index (χ4n) is 3.96. The molecule has 0 spiro atoms. The first kappa shape index (κ1) is 21.0. The fourth-order valence-corrected chi connectivity index (χ4v) is 3.96. The Bertz CT molecular complexity index is 1160. The minimum absolute atomic E-state index is 0.0819. The number of cyclic esters (lactones) is 2. The lowest BCUT2D eigenvalue weighted by Crippen LogP contribution is -2.27. The second kappa shape index (κ2) is 8.45. The first-order valence-electron chi connectivity index (χ1n) is 10.0. The number of nitrogens with zero attached hydrogens (tertiary/aromatic N) is 1. The van der Waals surface area contributed by atoms with Crippen LogP contribution in [0.4, 0.5) is 4.39 Å². The van der Waals surface area contributed by atoms with Gasteiger partial charge in [-0.25, -0.2) is 9.18 Å². The lowest BCUT2D eigenvalue weighted by Gasteiger charge is -2.19. The van der Waals surface area contributed by atoms with E-state index in [1.165, 1.54) is 18.2 Å². The molecule has 0 bridgehead atoms. The van der Waals surface area contributed by atoms with Gasteiger partial charge in [0, 0.05) is 22.9 Å². The van der Waals surface area contributed by atoms with Crippen molar-refractivity contribution in [2.24, 2.45) is 0 Å². The van der Waals surface area contributed by atoms with Crippen LogP contribution in [0, 0.1) is 5.82 Å². The normalized spacial score (nSPS) is 23.5. The Labute approximate surface area is 178 Å². The minimum atomic E-state index is -1.14. The Morgan fingerprint density at radius 1 is 1.06 bits per heavy atom. The van der Waals surface area contributed by atoms with E-state index in [0.29, 0.717) is 5.69 Å². The van der Waals surface area contributed by atoms with E-state index in [9.17, 15) is 24.2 Å². The molecule has 7 heteroatoms. The van der Waals surface area contributed by atoms with Crippen LogP contribution < -0.4 is 0 Å². The average molecular weight is 423 g/mol. The van der Waals surface area contributed by atoms with E-state index >= 15 is 0 Å². The number of hydrogen-bond acceptors (Lipinski definition) is 5. The highest BCUT2D eigenvalue weighted by atomic mass is 19.1. The molecule has 31 heavy (non-hydrogen) atoms. The summed E-state index contributed by atoms with van der Waals surface area (Å²) < 4.78 is 20.3. The summed E-state index contributed by atoms with van der Waals surface area (Å²) in [5, 5.41) is 21.2. The van der Waals surface area contributed by atoms with Crippen molar-refractivity contribution in [3.05, 3.63) is 66.1 Å². The molecule has 2 heterocycles. The number of rotatable bonds is 1. The van der Waals surface area contributed by atoms with Gasteiger partial charge in [-0.1, -0.05) is 36.4 Å². The maximum Gasteiger partial charge on any atom is 0.336 e. The van der Waals surface area contributed by atoms with Gasteiger partial charge in [0.2, 0.25) is 0 Å². The van der Waals surface area contributed by atoms with E-state index in [1.54, 1.807) is 29.7 Å². The molecule has 0 saturated heterocycles. The first-order chi connectivity index (χ1) is 14.8. The Morgan fingerprint density at radius 2 is 1.77 bits per heavy atom. The zero-order valence-electron chi connectivity index (χ0n) is 16.9. The molecule has 3 aromatic rings. The Kier molecular flexibility index (Phi) is 5.71. The lowest BCUT2D eigenvalue weighted by atomic mass is 10.0. The summed E-state index contributed by atoms with van der Waals surface area (Å²) in [7, 11) is 0. The van der Waals surface area contributed by atoms with Crippen LogP contribution in [0.2, 0.25) is 0 Å². The van der Waals surface area contributed by atoms with Crippen molar-refractivity contribution < 1.29 is 28.9 Å². The summed E-state index contributed by atoms with van der Waals surface area (Å²) in [5.74, 6) is -1.97. The van der Waals surface area contributed by atoms with Crippen molar-refractivity contribution in [1.82, 2.24) is 4.57 Å². The van der Waals surface area contributed by atoms with Gasteiger partial charge in [0.1, 0.15) is 11.9 Å². The third-order valence-electron chi connectivity index (χ3n) is 5.42. The number of carbonyl (C=O) groups is 2. The van der Waals surface area contributed by atoms with Crippen molar-refractivity contribution in [1.29, 1.82) is 0 Å². The van der Waals surface area contributed by atoms with Crippen molar-refractivity contribution in [2.45, 2.75) is 38.0 Å². The summed E-state index contributed by atoms with van der Waals surface area (Å²) in [4.78, 5) is 24.8. The standard InChI is InChI=1S/C24H22FNO5/c1-14-24(30)31-22(29)13-18(28)12-17(27)10-11-21-23(15-6-8-16(25)9-7-15)19-4-2-3-5-20(19)26(14)21/h2-11,14,17-18,27-28H,12-13H2,1H3/b11-10+/t14-,17+,18+/m1/s1. The molecule has 0 amide bonds. The third-order valence-corrected chi connectivity index (χ3v) is 5.42. The molecule has 160 valence electrons. The maximum atomic E-state index is 13.6. The van der Waals surface area contributed by atoms with Gasteiger partial charge in [0.25, 0.3) is 0 Å². The second-order valence-electron chi connectivity index (χ2n) is 7.64. The molecule has 2 aromatic carbocycles. The first-order valence-corrected chi connectivity index (χ1v) is 10.0. The zero-order chi connectivity index (χ0) is 22.1. The molecule has 0 aliphatic carbocycles. The van der Waals surface area contributed by atoms with Gasteiger partial charge in [0.15, 0.2) is 0 Å². The summed E-state index contributed by atoms with van der Waals surface area (Å²) in [6.45, 7) is 1.62. The number of aromatic nitrogens is 1. The molecule has 1 aliphatic rings. The number of fused-ring (bicyclic) bond motifs is 3. The smallest absolute Gasteiger partial charge is 0.336 e. The van der Waals surface area contributed by atoms with Crippen molar-refractivity contribution in [3.8, 4) is 11.1 Å². The number of aliphatic hydroxyl groups excluding tert-OH is 2. The van der Waals surface area contributed by atoms with Gasteiger partial charge in [-0.15, -0.1) is 0 Å². The van der Waals surface area contributed by atoms with Crippen molar-refractivity contribution in [3.63, 3.8) is 0 Å². The molecule has 0 unspecified atom stereocenters. The highest BCUT2D eigenvalue weighted by molar-refractivity contribution is 6.02. The Balaban J connectivity index is 1.99. The molecule has 4 rings (SSSR count). The second-order valence-corrected chi connectivity index (χ2v) is 7.64.